The quantitative estimate of drug-likeness (QED) is 0.850. The van der Waals surface area contributed by atoms with E-state index in [0.717, 1.165) is 11.3 Å². The van der Waals surface area contributed by atoms with E-state index < -0.39 is 16.0 Å². The lowest BCUT2D eigenvalue weighted by Crippen LogP contribution is -2.18. The molecule has 0 aromatic carbocycles. The van der Waals surface area contributed by atoms with Crippen molar-refractivity contribution in [2.75, 3.05) is 14.2 Å². The fraction of sp³-hybridized carbons (Fsp3) is 0.200. The molecule has 0 atom stereocenters. The van der Waals surface area contributed by atoms with Crippen molar-refractivity contribution in [3.8, 4) is 0 Å². The topological polar surface area (TPSA) is 85.4 Å². The van der Waals surface area contributed by atoms with Gasteiger partial charge < -0.3 is 4.74 Å². The molecule has 2 aromatic rings. The number of rotatable bonds is 3. The van der Waals surface area contributed by atoms with Crippen LogP contribution in [0.2, 0.25) is 0 Å². The molecule has 2 heterocycles. The monoisotopic (exact) mass is 286 g/mol. The highest BCUT2D eigenvalue weighted by molar-refractivity contribution is 7.89. The molecule has 0 aliphatic carbocycles. The van der Waals surface area contributed by atoms with Crippen molar-refractivity contribution in [1.29, 1.82) is 0 Å². The van der Waals surface area contributed by atoms with Gasteiger partial charge in [-0.15, -0.1) is 11.3 Å². The number of nitrogens with zero attached hydrogens (tertiary/aromatic N) is 1. The number of carbonyl (C=O) groups excluding carboxylic acids is 1. The molecular weight excluding hydrogens is 276 g/mol. The number of esters is 1. The van der Waals surface area contributed by atoms with Crippen LogP contribution >= 0.6 is 11.3 Å². The van der Waals surface area contributed by atoms with E-state index in [9.17, 15) is 13.2 Å². The second kappa shape index (κ2) is 4.63. The standard InChI is InChI=1S/C10H10N2O4S2/c1-11-18(14,15)7-3-6-4-8(10(13)16-2)17-9(6)12-5-7/h3-5,11H,1-2H3. The molecule has 0 unspecified atom stereocenters. The fourth-order valence-electron chi connectivity index (χ4n) is 1.38. The lowest BCUT2D eigenvalue weighted by atomic mass is 10.3. The van der Waals surface area contributed by atoms with E-state index in [4.69, 9.17) is 0 Å². The second-order valence-electron chi connectivity index (χ2n) is 3.38. The zero-order valence-corrected chi connectivity index (χ0v) is 11.3. The normalized spacial score (nSPS) is 11.7. The summed E-state index contributed by atoms with van der Waals surface area (Å²) in [6.45, 7) is 0. The van der Waals surface area contributed by atoms with E-state index in [1.807, 2.05) is 0 Å². The van der Waals surface area contributed by atoms with Crippen molar-refractivity contribution < 1.29 is 17.9 Å². The molecular formula is C10H10N2O4S2. The Balaban J connectivity index is 2.56. The Hall–Kier alpha value is -1.51. The molecule has 0 fully saturated rings. The number of hydrogen-bond donors (Lipinski definition) is 1. The zero-order chi connectivity index (χ0) is 13.3. The van der Waals surface area contributed by atoms with Gasteiger partial charge in [-0.25, -0.2) is 22.9 Å². The molecule has 0 aliphatic heterocycles. The van der Waals surface area contributed by atoms with Crippen LogP contribution in [-0.2, 0) is 14.8 Å². The van der Waals surface area contributed by atoms with Crippen LogP contribution in [0.15, 0.2) is 23.2 Å². The molecule has 0 radical (unpaired) electrons. The van der Waals surface area contributed by atoms with E-state index in [-0.39, 0.29) is 4.90 Å². The average Bonchev–Trinajstić information content (AvgIpc) is 2.80. The van der Waals surface area contributed by atoms with Gasteiger partial charge in [0.25, 0.3) is 0 Å². The minimum absolute atomic E-state index is 0.0618. The van der Waals surface area contributed by atoms with Crippen molar-refractivity contribution in [2.24, 2.45) is 0 Å². The summed E-state index contributed by atoms with van der Waals surface area (Å²) < 4.78 is 30.0. The predicted molar refractivity (Wildman–Crippen MR) is 67.2 cm³/mol. The highest BCUT2D eigenvalue weighted by Crippen LogP contribution is 2.26. The number of sulfonamides is 1. The molecule has 0 spiro atoms. The van der Waals surface area contributed by atoms with Crippen LogP contribution in [0.4, 0.5) is 0 Å². The van der Waals surface area contributed by atoms with Gasteiger partial charge in [-0.05, 0) is 19.2 Å². The highest BCUT2D eigenvalue weighted by atomic mass is 32.2. The average molecular weight is 286 g/mol. The largest absolute Gasteiger partial charge is 0.465 e. The molecule has 96 valence electrons. The number of thiophene rings is 1. The Bertz CT molecular complexity index is 706. The molecule has 0 saturated carbocycles. The van der Waals surface area contributed by atoms with E-state index >= 15 is 0 Å². The maximum Gasteiger partial charge on any atom is 0.348 e. The van der Waals surface area contributed by atoms with Gasteiger partial charge in [-0.2, -0.15) is 0 Å². The summed E-state index contributed by atoms with van der Waals surface area (Å²) in [7, 11) is -0.915. The van der Waals surface area contributed by atoms with Crippen molar-refractivity contribution in [1.82, 2.24) is 9.71 Å². The molecule has 0 aliphatic rings. The third kappa shape index (κ3) is 2.22. The summed E-state index contributed by atoms with van der Waals surface area (Å²) in [6.07, 6.45) is 1.26. The third-order valence-corrected chi connectivity index (χ3v) is 4.73. The summed E-state index contributed by atoms with van der Waals surface area (Å²) >= 11 is 1.16. The molecule has 2 rings (SSSR count). The van der Waals surface area contributed by atoms with Gasteiger partial charge in [0, 0.05) is 11.6 Å². The van der Waals surface area contributed by atoms with Gasteiger partial charge in [0.2, 0.25) is 10.0 Å². The van der Waals surface area contributed by atoms with Crippen molar-refractivity contribution >= 4 is 37.5 Å². The Morgan fingerprint density at radius 2 is 2.17 bits per heavy atom. The SMILES string of the molecule is CNS(=O)(=O)c1cnc2sc(C(=O)OC)cc2c1. The highest BCUT2D eigenvalue weighted by Gasteiger charge is 2.16. The summed E-state index contributed by atoms with van der Waals surface area (Å²) in [5.74, 6) is -0.462. The first-order valence-electron chi connectivity index (χ1n) is 4.89. The van der Waals surface area contributed by atoms with Gasteiger partial charge in [0.1, 0.15) is 14.6 Å². The van der Waals surface area contributed by atoms with Crippen molar-refractivity contribution in [3.05, 3.63) is 23.2 Å². The van der Waals surface area contributed by atoms with Gasteiger partial charge in [0.05, 0.1) is 7.11 Å². The molecule has 18 heavy (non-hydrogen) atoms. The number of aromatic nitrogens is 1. The van der Waals surface area contributed by atoms with Gasteiger partial charge >= 0.3 is 5.97 Å². The predicted octanol–water partition coefficient (Wildman–Crippen LogP) is 0.991. The number of nitrogens with one attached hydrogen (secondary N) is 1. The van der Waals surface area contributed by atoms with Crippen LogP contribution in [0.5, 0.6) is 0 Å². The lowest BCUT2D eigenvalue weighted by molar-refractivity contribution is 0.0606. The molecule has 0 amide bonds. The first-order chi connectivity index (χ1) is 8.47. The maximum atomic E-state index is 11.6. The summed E-state index contributed by atoms with van der Waals surface area (Å²) in [5, 5.41) is 0.594. The number of ether oxygens (including phenoxy) is 1. The van der Waals surface area contributed by atoms with Crippen LogP contribution in [0.1, 0.15) is 9.67 Å². The number of pyridine rings is 1. The number of hydrogen-bond acceptors (Lipinski definition) is 6. The van der Waals surface area contributed by atoms with Crippen LogP contribution in [0, 0.1) is 0 Å². The number of fused-ring (bicyclic) bond motifs is 1. The first-order valence-corrected chi connectivity index (χ1v) is 7.19. The van der Waals surface area contributed by atoms with Gasteiger partial charge in [-0.3, -0.25) is 0 Å². The molecule has 2 aromatic heterocycles. The first kappa shape index (κ1) is 12.9. The van der Waals surface area contributed by atoms with Crippen LogP contribution < -0.4 is 4.72 Å². The Kier molecular flexibility index (Phi) is 3.33. The van der Waals surface area contributed by atoms with E-state index in [1.165, 1.54) is 26.4 Å². The molecule has 8 heteroatoms. The third-order valence-electron chi connectivity index (χ3n) is 2.31. The minimum Gasteiger partial charge on any atom is -0.465 e. The Labute approximate surface area is 108 Å². The smallest absolute Gasteiger partial charge is 0.348 e. The summed E-state index contributed by atoms with van der Waals surface area (Å²) in [6, 6.07) is 3.03. The molecule has 1 N–H and O–H groups in total. The molecule has 0 saturated heterocycles. The van der Waals surface area contributed by atoms with Crippen molar-refractivity contribution in [3.63, 3.8) is 0 Å². The molecule has 6 nitrogen and oxygen atoms in total. The minimum atomic E-state index is -3.53. The summed E-state index contributed by atoms with van der Waals surface area (Å²) in [4.78, 5) is 16.4. The zero-order valence-electron chi connectivity index (χ0n) is 9.63. The Morgan fingerprint density at radius 3 is 2.78 bits per heavy atom. The van der Waals surface area contributed by atoms with E-state index in [1.54, 1.807) is 6.07 Å². The van der Waals surface area contributed by atoms with Gasteiger partial charge in [-0.1, -0.05) is 0 Å². The number of carbonyl (C=O) groups is 1. The van der Waals surface area contributed by atoms with Crippen LogP contribution in [0.3, 0.4) is 0 Å². The van der Waals surface area contributed by atoms with Crippen LogP contribution in [0.25, 0.3) is 10.2 Å². The fourth-order valence-corrected chi connectivity index (χ4v) is 2.99. The van der Waals surface area contributed by atoms with E-state index in [2.05, 4.69) is 14.4 Å². The number of methoxy groups -OCH3 is 1. The van der Waals surface area contributed by atoms with E-state index in [0.29, 0.717) is 15.1 Å². The second-order valence-corrected chi connectivity index (χ2v) is 6.29. The van der Waals surface area contributed by atoms with Crippen LogP contribution in [-0.4, -0.2) is 33.5 Å². The van der Waals surface area contributed by atoms with Crippen molar-refractivity contribution in [2.45, 2.75) is 4.90 Å². The summed E-state index contributed by atoms with van der Waals surface area (Å²) in [5.41, 5.74) is 0. The molecule has 0 bridgehead atoms. The lowest BCUT2D eigenvalue weighted by Gasteiger charge is -2.00. The maximum absolute atomic E-state index is 11.6. The van der Waals surface area contributed by atoms with Gasteiger partial charge in [0.15, 0.2) is 0 Å². The Morgan fingerprint density at radius 1 is 1.44 bits per heavy atom.